The Balaban J connectivity index is 2.13. The van der Waals surface area contributed by atoms with E-state index in [1.165, 1.54) is 37.3 Å². The average Bonchev–Trinajstić information content (AvgIpc) is 2.80. The van der Waals surface area contributed by atoms with Crippen molar-refractivity contribution in [1.29, 1.82) is 0 Å². The Morgan fingerprint density at radius 3 is 2.87 bits per heavy atom. The topological polar surface area (TPSA) is 16.1 Å². The zero-order chi connectivity index (χ0) is 10.5. The molecule has 0 spiro atoms. The van der Waals surface area contributed by atoms with Crippen LogP contribution in [-0.4, -0.2) is 23.8 Å². The number of aromatic nitrogens is 1. The molecule has 0 N–H and O–H groups in total. The van der Waals surface area contributed by atoms with Crippen molar-refractivity contribution >= 4 is 18.4 Å². The molecule has 1 saturated heterocycles. The van der Waals surface area contributed by atoms with Crippen LogP contribution in [0.2, 0.25) is 0 Å². The second-order valence-electron chi connectivity index (χ2n) is 4.01. The summed E-state index contributed by atoms with van der Waals surface area (Å²) in [4.78, 5) is 6.93. The quantitative estimate of drug-likeness (QED) is 0.788. The molecule has 0 aliphatic carbocycles. The highest BCUT2D eigenvalue weighted by Gasteiger charge is 2.15. The fraction of sp³-hybridized carbons (Fsp3) is 0.583. The molecule has 0 unspecified atom stereocenters. The van der Waals surface area contributed by atoms with Gasteiger partial charge in [-0.15, -0.1) is 0 Å². The summed E-state index contributed by atoms with van der Waals surface area (Å²) in [5.74, 6) is 2.16. The van der Waals surface area contributed by atoms with Gasteiger partial charge in [-0.3, -0.25) is 0 Å². The molecule has 15 heavy (non-hydrogen) atoms. The maximum Gasteiger partial charge on any atom is 0.131 e. The first kappa shape index (κ1) is 10.8. The minimum Gasteiger partial charge on any atom is -0.356 e. The predicted molar refractivity (Wildman–Crippen MR) is 67.9 cm³/mol. The fourth-order valence-corrected chi connectivity index (χ4v) is 2.27. The van der Waals surface area contributed by atoms with Gasteiger partial charge in [-0.25, -0.2) is 4.98 Å². The number of pyridine rings is 1. The molecule has 3 heteroatoms. The SMILES string of the molecule is SCCCc1cccnc1N1CCCC1. The van der Waals surface area contributed by atoms with Gasteiger partial charge < -0.3 is 4.90 Å². The molecule has 0 aromatic carbocycles. The van der Waals surface area contributed by atoms with Crippen molar-refractivity contribution in [3.05, 3.63) is 23.9 Å². The number of anilines is 1. The molecule has 1 aromatic rings. The van der Waals surface area contributed by atoms with Crippen LogP contribution in [0.4, 0.5) is 5.82 Å². The highest BCUT2D eigenvalue weighted by Crippen LogP contribution is 2.22. The normalized spacial score (nSPS) is 15.9. The van der Waals surface area contributed by atoms with E-state index >= 15 is 0 Å². The smallest absolute Gasteiger partial charge is 0.131 e. The zero-order valence-corrected chi connectivity index (χ0v) is 9.92. The number of rotatable bonds is 4. The van der Waals surface area contributed by atoms with Crippen molar-refractivity contribution in [3.63, 3.8) is 0 Å². The molecule has 2 nitrogen and oxygen atoms in total. The van der Waals surface area contributed by atoms with E-state index in [0.29, 0.717) is 0 Å². The van der Waals surface area contributed by atoms with Gasteiger partial charge in [-0.2, -0.15) is 12.6 Å². The average molecular weight is 222 g/mol. The lowest BCUT2D eigenvalue weighted by molar-refractivity contribution is 0.877. The summed E-state index contributed by atoms with van der Waals surface area (Å²) in [5.41, 5.74) is 1.38. The van der Waals surface area contributed by atoms with Gasteiger partial charge in [0.15, 0.2) is 0 Å². The molecular formula is C12H18N2S. The zero-order valence-electron chi connectivity index (χ0n) is 9.02. The van der Waals surface area contributed by atoms with Crippen LogP contribution < -0.4 is 4.90 Å². The van der Waals surface area contributed by atoms with Gasteiger partial charge in [0.05, 0.1) is 0 Å². The second kappa shape index (κ2) is 5.40. The molecule has 0 radical (unpaired) electrons. The van der Waals surface area contributed by atoms with E-state index in [4.69, 9.17) is 0 Å². The third-order valence-electron chi connectivity index (χ3n) is 2.88. The van der Waals surface area contributed by atoms with Gasteiger partial charge in [0, 0.05) is 19.3 Å². The summed E-state index contributed by atoms with van der Waals surface area (Å²) in [6, 6.07) is 4.23. The Kier molecular flexibility index (Phi) is 3.89. The third kappa shape index (κ3) is 2.65. The largest absolute Gasteiger partial charge is 0.356 e. The van der Waals surface area contributed by atoms with Crippen LogP contribution in [0.3, 0.4) is 0 Å². The molecule has 2 rings (SSSR count). The van der Waals surface area contributed by atoms with Crippen LogP contribution >= 0.6 is 12.6 Å². The Labute approximate surface area is 97.1 Å². The van der Waals surface area contributed by atoms with E-state index in [1.54, 1.807) is 0 Å². The molecule has 0 bridgehead atoms. The molecule has 1 fully saturated rings. The van der Waals surface area contributed by atoms with Crippen molar-refractivity contribution < 1.29 is 0 Å². The maximum atomic E-state index is 4.51. The van der Waals surface area contributed by atoms with E-state index in [2.05, 4.69) is 28.6 Å². The molecule has 82 valence electrons. The molecule has 0 amide bonds. The molecule has 1 aliphatic rings. The van der Waals surface area contributed by atoms with E-state index in [0.717, 1.165) is 18.6 Å². The Morgan fingerprint density at radius 1 is 1.33 bits per heavy atom. The number of hydrogen-bond acceptors (Lipinski definition) is 3. The summed E-state index contributed by atoms with van der Waals surface area (Å²) < 4.78 is 0. The number of aryl methyl sites for hydroxylation is 1. The van der Waals surface area contributed by atoms with Gasteiger partial charge >= 0.3 is 0 Å². The predicted octanol–water partition coefficient (Wildman–Crippen LogP) is 2.54. The van der Waals surface area contributed by atoms with Gasteiger partial charge in [0.2, 0.25) is 0 Å². The first-order valence-electron chi connectivity index (χ1n) is 5.71. The van der Waals surface area contributed by atoms with Crippen LogP contribution in [0, 0.1) is 0 Å². The van der Waals surface area contributed by atoms with E-state index < -0.39 is 0 Å². The van der Waals surface area contributed by atoms with Crippen molar-refractivity contribution in [3.8, 4) is 0 Å². The summed E-state index contributed by atoms with van der Waals surface area (Å²) in [6.07, 6.45) is 6.75. The first-order valence-corrected chi connectivity index (χ1v) is 6.35. The third-order valence-corrected chi connectivity index (χ3v) is 3.19. The van der Waals surface area contributed by atoms with Crippen LogP contribution in [0.5, 0.6) is 0 Å². The molecule has 0 atom stereocenters. The first-order chi connectivity index (χ1) is 7.42. The van der Waals surface area contributed by atoms with Crippen LogP contribution in [0.1, 0.15) is 24.8 Å². The second-order valence-corrected chi connectivity index (χ2v) is 4.45. The number of nitrogens with zero attached hydrogens (tertiary/aromatic N) is 2. The molecule has 2 heterocycles. The summed E-state index contributed by atoms with van der Waals surface area (Å²) in [7, 11) is 0. The summed E-state index contributed by atoms with van der Waals surface area (Å²) in [5, 5.41) is 0. The highest BCUT2D eigenvalue weighted by molar-refractivity contribution is 7.80. The van der Waals surface area contributed by atoms with Crippen molar-refractivity contribution in [2.24, 2.45) is 0 Å². The monoisotopic (exact) mass is 222 g/mol. The standard InChI is InChI=1S/C12H18N2S/c15-10-4-6-11-5-3-7-13-12(11)14-8-1-2-9-14/h3,5,7,15H,1-2,4,6,8-10H2. The van der Waals surface area contributed by atoms with Gasteiger partial charge in [0.1, 0.15) is 5.82 Å². The lowest BCUT2D eigenvalue weighted by atomic mass is 10.1. The summed E-state index contributed by atoms with van der Waals surface area (Å²) >= 11 is 4.26. The van der Waals surface area contributed by atoms with Crippen molar-refractivity contribution in [2.75, 3.05) is 23.7 Å². The van der Waals surface area contributed by atoms with Crippen LogP contribution in [-0.2, 0) is 6.42 Å². The van der Waals surface area contributed by atoms with Gasteiger partial charge in [-0.1, -0.05) is 6.07 Å². The lowest BCUT2D eigenvalue weighted by Crippen LogP contribution is -2.20. The van der Waals surface area contributed by atoms with Gasteiger partial charge in [0.25, 0.3) is 0 Å². The number of thiol groups is 1. The Bertz CT molecular complexity index is 308. The fourth-order valence-electron chi connectivity index (χ4n) is 2.11. The molecule has 1 aliphatic heterocycles. The highest BCUT2D eigenvalue weighted by atomic mass is 32.1. The van der Waals surface area contributed by atoms with E-state index in [9.17, 15) is 0 Å². The van der Waals surface area contributed by atoms with Crippen LogP contribution in [0.15, 0.2) is 18.3 Å². The summed E-state index contributed by atoms with van der Waals surface area (Å²) in [6.45, 7) is 2.34. The van der Waals surface area contributed by atoms with Crippen molar-refractivity contribution in [1.82, 2.24) is 4.98 Å². The van der Waals surface area contributed by atoms with Gasteiger partial charge in [-0.05, 0) is 43.1 Å². The molecule has 1 aromatic heterocycles. The molecule has 0 saturated carbocycles. The Morgan fingerprint density at radius 2 is 2.13 bits per heavy atom. The van der Waals surface area contributed by atoms with Crippen molar-refractivity contribution in [2.45, 2.75) is 25.7 Å². The maximum absolute atomic E-state index is 4.51. The van der Waals surface area contributed by atoms with E-state index in [-0.39, 0.29) is 0 Å². The number of hydrogen-bond donors (Lipinski definition) is 1. The molecular weight excluding hydrogens is 204 g/mol. The minimum absolute atomic E-state index is 0.953. The van der Waals surface area contributed by atoms with Crippen LogP contribution in [0.25, 0.3) is 0 Å². The lowest BCUT2D eigenvalue weighted by Gasteiger charge is -2.19. The van der Waals surface area contributed by atoms with E-state index in [1.807, 2.05) is 12.3 Å². The Hall–Kier alpha value is -0.700. The minimum atomic E-state index is 0.953.